The number of hydrogen-bond donors (Lipinski definition) is 15. The van der Waals surface area contributed by atoms with Crippen LogP contribution in [0.15, 0.2) is 154 Å². The van der Waals surface area contributed by atoms with E-state index in [0.29, 0.717) is 124 Å². The maximum Gasteiger partial charge on any atom is 0.280 e. The molecule has 3 saturated carbocycles. The second-order valence-electron chi connectivity index (χ2n) is 35.7. The minimum atomic E-state index is -0.624. The average molecular weight is 1960 g/mol. The summed E-state index contributed by atoms with van der Waals surface area (Å²) in [4.78, 5) is 129. The predicted octanol–water partition coefficient (Wildman–Crippen LogP) is 8.24. The highest BCUT2D eigenvalue weighted by atomic mass is 35.5. The lowest BCUT2D eigenvalue weighted by atomic mass is 9.89. The lowest BCUT2D eigenvalue weighted by molar-refractivity contribution is 0.00732. The van der Waals surface area contributed by atoms with Crippen molar-refractivity contribution in [3.63, 3.8) is 0 Å². The summed E-state index contributed by atoms with van der Waals surface area (Å²) in [5.41, 5.74) is 2.14. The van der Waals surface area contributed by atoms with Crippen molar-refractivity contribution in [1.82, 2.24) is 108 Å². The van der Waals surface area contributed by atoms with Crippen LogP contribution in [0, 0.1) is 17.2 Å². The van der Waals surface area contributed by atoms with Crippen molar-refractivity contribution in [3.05, 3.63) is 209 Å². The number of aliphatic hydroxyl groups is 3. The van der Waals surface area contributed by atoms with Crippen LogP contribution in [-0.2, 0) is 14.2 Å². The molecule has 5 fully saturated rings. The quantitative estimate of drug-likeness (QED) is 0.0189. The first-order chi connectivity index (χ1) is 68.1. The molecular formula is C94H117ClF2N30O14. The third-order valence-electron chi connectivity index (χ3n) is 25.6. The molecule has 13 aromatic rings. The molecule has 15 N–H and O–H groups in total. The number of anilines is 12. The lowest BCUT2D eigenvalue weighted by Gasteiger charge is -2.35. The molecule has 47 heteroatoms. The Kier molecular flexibility index (Phi) is 32.7. The third kappa shape index (κ3) is 23.2. The summed E-state index contributed by atoms with van der Waals surface area (Å²) in [6.07, 6.45) is 23.4. The van der Waals surface area contributed by atoms with Crippen molar-refractivity contribution in [2.75, 3.05) is 151 Å². The van der Waals surface area contributed by atoms with Crippen LogP contribution in [0.4, 0.5) is 78.1 Å². The number of hydrogen-bond acceptors (Lipinski definition) is 32. The third-order valence-corrected chi connectivity index (χ3v) is 25.8. The van der Waals surface area contributed by atoms with Crippen LogP contribution in [-0.4, -0.2) is 264 Å². The number of alkyl halides is 1. The molecule has 44 nitrogen and oxygen atoms in total. The molecule has 2 aliphatic heterocycles. The first-order valence-electron chi connectivity index (χ1n) is 46.7. The molecule has 0 radical (unpaired) electrons. The van der Waals surface area contributed by atoms with E-state index in [9.17, 15) is 62.5 Å². The van der Waals surface area contributed by atoms with Gasteiger partial charge < -0.3 is 112 Å². The van der Waals surface area contributed by atoms with Crippen LogP contribution in [0.3, 0.4) is 0 Å². The lowest BCUT2D eigenvalue weighted by Crippen LogP contribution is -2.51. The fourth-order valence-corrected chi connectivity index (χ4v) is 17.3. The highest BCUT2D eigenvalue weighted by Crippen LogP contribution is 2.34. The zero-order valence-corrected chi connectivity index (χ0v) is 80.2. The number of rotatable bonds is 32. The molecule has 18 rings (SSSR count). The van der Waals surface area contributed by atoms with Crippen LogP contribution < -0.4 is 86.0 Å². The summed E-state index contributed by atoms with van der Waals surface area (Å²) < 4.78 is 55.4. The van der Waals surface area contributed by atoms with Gasteiger partial charge in [0.15, 0.2) is 34.2 Å². The van der Waals surface area contributed by atoms with Gasteiger partial charge in [-0.25, -0.2) is 33.7 Å². The van der Waals surface area contributed by atoms with Gasteiger partial charge in [0.2, 0.25) is 0 Å². The van der Waals surface area contributed by atoms with Gasteiger partial charge in [0, 0.05) is 180 Å². The fraction of sp³-hybridized carbons (Fsp3) is 0.436. The maximum absolute atomic E-state index is 14.2. The number of aliphatic hydroxyl groups excluding tert-OH is 3. The number of carbonyl (C=O) groups excluding carboxylic acids is 4. The highest BCUT2D eigenvalue weighted by Gasteiger charge is 2.36. The Balaban J connectivity index is 0.000000142. The molecule has 5 atom stereocenters. The van der Waals surface area contributed by atoms with Gasteiger partial charge in [-0.05, 0) is 138 Å². The minimum absolute atomic E-state index is 0.00999. The van der Waals surface area contributed by atoms with Gasteiger partial charge in [-0.15, -0.1) is 0 Å². The molecule has 0 bridgehead atoms. The van der Waals surface area contributed by atoms with Crippen molar-refractivity contribution >= 4 is 127 Å². The van der Waals surface area contributed by atoms with Gasteiger partial charge in [-0.2, -0.15) is 38.5 Å². The summed E-state index contributed by atoms with van der Waals surface area (Å²) in [7, 11) is 10.3. The zero-order chi connectivity index (χ0) is 99.9. The Bertz CT molecular complexity index is 6900. The highest BCUT2D eigenvalue weighted by molar-refractivity contribution is 6.30. The van der Waals surface area contributed by atoms with Crippen molar-refractivity contribution in [2.24, 2.45) is 11.3 Å². The second-order valence-corrected chi connectivity index (χ2v) is 36.1. The molecule has 15 heterocycles. The summed E-state index contributed by atoms with van der Waals surface area (Å²) in [5, 5.41) is 81.9. The molecule has 0 unspecified atom stereocenters. The molecule has 748 valence electrons. The van der Waals surface area contributed by atoms with Crippen molar-refractivity contribution in [2.45, 2.75) is 146 Å². The Morgan fingerprint density at radius 1 is 0.532 bits per heavy atom. The molecule has 13 aromatic heterocycles. The number of methoxy groups -OCH3 is 2. The number of nitrogens with zero attached hydrogens (tertiary/aromatic N) is 18. The van der Waals surface area contributed by atoms with Crippen LogP contribution >= 0.6 is 11.6 Å². The number of pyridine rings is 5. The summed E-state index contributed by atoms with van der Waals surface area (Å²) in [5.74, 6) is 1.58. The van der Waals surface area contributed by atoms with E-state index in [2.05, 4.69) is 114 Å². The monoisotopic (exact) mass is 1960 g/mol. The number of likely N-dealkylation sites (tertiary alicyclic amines) is 1. The standard InChI is InChI=1S/C25H35FN8O3.C24H33N7O4.C23H23FN8O3.C22H26ClN7O4/c1-25(2,16-35)15-28-23(36)18-14-29-34-21(27-3)13-20(31-22(18)34)30-19-5-4-9-33(24(19)37)17-6-10-32(11-7-17)12-8-26;1-15(14-32)12-26-23(33)18-13-27-31-21(25-2)11-20(29-22(18)31)28-19-5-4-10-30(24(19)34)16-6-8-17(35-3)9-7-16;1-25-19-11-18(28-16-6-4-10-31(23(16)34)21-14(24)5-3-9-26-21)30-20-13(12-27-32(19)20)22(33)29-15-7-8-17(15)35-2;1-24-19-9-18(26-16-8-12(23)11-29(22(16)33)13-4-6-34-7-5-13)28-20-14(10-25-30(19)20)21(32)27-15-2-3-17(15)31/h4-5,9,13-14,17,27,35H,6-8,10-12,15-16H2,1-3H3,(H,28,36)(H,30,31);4-5,10-11,13,15-17,25,32H,6-9,12,14H2,1-3H3,(H,26,33)(H,28,29);3-6,9-12,15,17,25H,7-8H2,1-2H3,(H,28,30)(H,29,33);8-11,13,15,17,24,31H,2-7H2,1H3,(H,26,28)(H,27,32)/t;15-,16?,17?;2*15-,17-/m.011/s1. The Morgan fingerprint density at radius 2 is 0.979 bits per heavy atom. The van der Waals surface area contributed by atoms with Gasteiger partial charge in [-0.3, -0.25) is 42.9 Å². The number of amides is 4. The van der Waals surface area contributed by atoms with Crippen molar-refractivity contribution < 1.29 is 57.5 Å². The number of aromatic nitrogens is 17. The number of carbonyl (C=O) groups is 4. The number of nitrogens with one attached hydrogen (secondary N) is 12. The molecule has 3 aliphatic carbocycles. The second kappa shape index (κ2) is 45.7. The van der Waals surface area contributed by atoms with Crippen molar-refractivity contribution in [1.29, 1.82) is 0 Å². The number of fused-ring (bicyclic) bond motifs is 4. The Hall–Kier alpha value is -14.4. The Labute approximate surface area is 811 Å². The zero-order valence-electron chi connectivity index (χ0n) is 79.5. The van der Waals surface area contributed by atoms with E-state index in [1.165, 1.54) is 67.4 Å². The molecular weight excluding hydrogens is 1850 g/mol. The fourth-order valence-electron chi connectivity index (χ4n) is 17.1. The minimum Gasteiger partial charge on any atom is -0.396 e. The first-order valence-corrected chi connectivity index (χ1v) is 47.0. The van der Waals surface area contributed by atoms with Gasteiger partial charge in [0.25, 0.3) is 45.9 Å². The smallest absolute Gasteiger partial charge is 0.280 e. The topological polar surface area (TPSA) is 526 Å². The van der Waals surface area contributed by atoms with E-state index in [0.717, 1.165) is 88.3 Å². The maximum atomic E-state index is 14.2. The van der Waals surface area contributed by atoms with E-state index < -0.39 is 22.9 Å². The summed E-state index contributed by atoms with van der Waals surface area (Å²) in [6, 6.07) is 21.1. The van der Waals surface area contributed by atoms with E-state index >= 15 is 0 Å². The van der Waals surface area contributed by atoms with Crippen LogP contribution in [0.1, 0.15) is 157 Å². The number of piperidine rings is 1. The molecule has 0 aromatic carbocycles. The van der Waals surface area contributed by atoms with E-state index in [-0.39, 0.29) is 149 Å². The summed E-state index contributed by atoms with van der Waals surface area (Å²) >= 11 is 6.34. The molecule has 0 spiro atoms. The van der Waals surface area contributed by atoms with E-state index in [1.54, 1.807) is 123 Å². The Morgan fingerprint density at radius 3 is 1.41 bits per heavy atom. The van der Waals surface area contributed by atoms with Crippen molar-refractivity contribution in [3.8, 4) is 5.82 Å². The molecule has 2 saturated heterocycles. The molecule has 141 heavy (non-hydrogen) atoms. The number of halogens is 3. The average Bonchev–Trinajstić information content (AvgIpc) is 1.66. The predicted molar refractivity (Wildman–Crippen MR) is 528 cm³/mol. The van der Waals surface area contributed by atoms with E-state index in [4.69, 9.17) is 25.8 Å². The largest absolute Gasteiger partial charge is 0.396 e. The van der Waals surface area contributed by atoms with Crippen LogP contribution in [0.5, 0.6) is 0 Å². The molecule has 4 amide bonds. The van der Waals surface area contributed by atoms with E-state index in [1.807, 2.05) is 39.1 Å². The summed E-state index contributed by atoms with van der Waals surface area (Å²) in [6.45, 7) is 8.84. The normalized spacial score (nSPS) is 17.9. The van der Waals surface area contributed by atoms with Gasteiger partial charge in [0.05, 0.1) is 60.2 Å². The van der Waals surface area contributed by atoms with Gasteiger partial charge >= 0.3 is 0 Å². The molecule has 5 aliphatic rings. The number of ether oxygens (including phenoxy) is 3. The van der Waals surface area contributed by atoms with Crippen LogP contribution in [0.2, 0.25) is 5.02 Å². The van der Waals surface area contributed by atoms with Crippen LogP contribution in [0.25, 0.3) is 28.4 Å². The SMILES string of the molecule is CNc1cc(Nc2cc(Cl)cn(C3CCOCC3)c2=O)nc2c(C(=O)N[C@@H]3CC[C@H]3O)cnn12.CNc1cc(Nc2cccn(-c3ncccc3F)c2=O)nc2c(C(=O)N[C@@H]3CC[C@H]3OC)cnn12.CNc1cc(Nc2cccn(C3CCC(OC)CC3)c2=O)nc2c(C(=O)NC[C@H](C)CO)cnn12.CNc1cc(Nc2cccn(C3CCN(CCF)CC3)c2=O)nc2c(C(=O)NCC(C)(C)CO)cnn12. The first kappa shape index (κ1) is 101. The van der Waals surface area contributed by atoms with Gasteiger partial charge in [-0.1, -0.05) is 32.4 Å². The van der Waals surface area contributed by atoms with Gasteiger partial charge in [0.1, 0.15) is 98.2 Å².